The summed E-state index contributed by atoms with van der Waals surface area (Å²) in [6.45, 7) is 1.19. The van der Waals surface area contributed by atoms with Crippen molar-refractivity contribution in [3.8, 4) is 11.8 Å². The molecule has 0 radical (unpaired) electrons. The minimum Gasteiger partial charge on any atom is -0.491 e. The van der Waals surface area contributed by atoms with Crippen LogP contribution in [0.15, 0.2) is 24.3 Å². The molecule has 6 heteroatoms. The molecule has 1 heterocycles. The van der Waals surface area contributed by atoms with E-state index in [2.05, 4.69) is 11.0 Å². The van der Waals surface area contributed by atoms with Crippen LogP contribution < -0.4 is 4.74 Å². The van der Waals surface area contributed by atoms with Gasteiger partial charge in [-0.15, -0.1) is 0 Å². The molecular formula is C16H20N2O3S. The van der Waals surface area contributed by atoms with E-state index in [9.17, 15) is 8.42 Å². The number of hydrogen-bond acceptors (Lipinski definition) is 5. The third-order valence-corrected chi connectivity index (χ3v) is 6.06. The van der Waals surface area contributed by atoms with Crippen molar-refractivity contribution in [2.45, 2.75) is 31.3 Å². The van der Waals surface area contributed by atoms with Crippen molar-refractivity contribution in [2.24, 2.45) is 0 Å². The maximum Gasteiger partial charge on any atom is 0.151 e. The summed E-state index contributed by atoms with van der Waals surface area (Å²) in [4.78, 5) is 2.29. The number of sulfone groups is 1. The van der Waals surface area contributed by atoms with Crippen molar-refractivity contribution in [1.29, 1.82) is 5.26 Å². The fraction of sp³-hybridized carbons (Fsp3) is 0.562. The standard InChI is InChI=1S/C16H20N2O3S/c17-11-13-3-1-2-4-16(13)21-9-8-18(14-5-6-14)15-7-10-22(19,20)12-15/h1-4,14-15H,5-10,12H2/t15-/m0/s1. The zero-order valence-electron chi connectivity index (χ0n) is 12.4. The Balaban J connectivity index is 1.58. The van der Waals surface area contributed by atoms with Gasteiger partial charge in [0, 0.05) is 18.6 Å². The number of nitrogens with zero attached hydrogens (tertiary/aromatic N) is 2. The molecule has 118 valence electrons. The minimum absolute atomic E-state index is 0.132. The Hall–Kier alpha value is -1.58. The van der Waals surface area contributed by atoms with Gasteiger partial charge >= 0.3 is 0 Å². The topological polar surface area (TPSA) is 70.4 Å². The van der Waals surface area contributed by atoms with Gasteiger partial charge in [-0.2, -0.15) is 5.26 Å². The monoisotopic (exact) mass is 320 g/mol. The van der Waals surface area contributed by atoms with Crippen molar-refractivity contribution in [1.82, 2.24) is 4.90 Å². The average Bonchev–Trinajstić information content (AvgIpc) is 3.27. The molecule has 2 aliphatic rings. The number of rotatable bonds is 6. The van der Waals surface area contributed by atoms with E-state index in [1.165, 1.54) is 0 Å². The van der Waals surface area contributed by atoms with Crippen LogP contribution in [0.1, 0.15) is 24.8 Å². The Kier molecular flexibility index (Phi) is 4.37. The number of hydrogen-bond donors (Lipinski definition) is 0. The molecule has 0 unspecified atom stereocenters. The van der Waals surface area contributed by atoms with Gasteiger partial charge in [0.1, 0.15) is 18.4 Å². The fourth-order valence-electron chi connectivity index (χ4n) is 3.05. The summed E-state index contributed by atoms with van der Waals surface area (Å²) in [5, 5.41) is 9.05. The number of benzene rings is 1. The van der Waals surface area contributed by atoms with Crippen LogP contribution in [0.3, 0.4) is 0 Å². The molecule has 2 fully saturated rings. The Bertz CT molecular complexity index is 677. The molecule has 1 aliphatic heterocycles. The lowest BCUT2D eigenvalue weighted by molar-refractivity contribution is 0.162. The Morgan fingerprint density at radius 2 is 2.00 bits per heavy atom. The molecule has 1 saturated heterocycles. The van der Waals surface area contributed by atoms with Crippen LogP contribution in [-0.4, -0.2) is 50.1 Å². The Labute approximate surface area is 131 Å². The van der Waals surface area contributed by atoms with Crippen LogP contribution in [0.5, 0.6) is 5.75 Å². The summed E-state index contributed by atoms with van der Waals surface area (Å²) >= 11 is 0. The van der Waals surface area contributed by atoms with Crippen molar-refractivity contribution < 1.29 is 13.2 Å². The van der Waals surface area contributed by atoms with E-state index in [0.717, 1.165) is 19.3 Å². The first-order chi connectivity index (χ1) is 10.6. The smallest absolute Gasteiger partial charge is 0.151 e. The van der Waals surface area contributed by atoms with Gasteiger partial charge in [-0.25, -0.2) is 8.42 Å². The van der Waals surface area contributed by atoms with Crippen LogP contribution >= 0.6 is 0 Å². The molecule has 3 rings (SSSR count). The third kappa shape index (κ3) is 3.60. The highest BCUT2D eigenvalue weighted by molar-refractivity contribution is 7.91. The molecule has 0 spiro atoms. The summed E-state index contributed by atoms with van der Waals surface area (Å²) in [5.74, 6) is 1.18. The predicted octanol–water partition coefficient (Wildman–Crippen LogP) is 1.59. The predicted molar refractivity (Wildman–Crippen MR) is 83.4 cm³/mol. The number of nitriles is 1. The van der Waals surface area contributed by atoms with E-state index >= 15 is 0 Å². The molecule has 1 aliphatic carbocycles. The first kappa shape index (κ1) is 15.3. The number of para-hydroxylation sites is 1. The second kappa shape index (κ2) is 6.27. The second-order valence-electron chi connectivity index (χ2n) is 5.98. The molecule has 22 heavy (non-hydrogen) atoms. The first-order valence-corrected chi connectivity index (χ1v) is 9.49. The lowest BCUT2D eigenvalue weighted by Crippen LogP contribution is -2.40. The summed E-state index contributed by atoms with van der Waals surface area (Å²) in [6, 6.07) is 9.94. The van der Waals surface area contributed by atoms with Crippen molar-refractivity contribution in [2.75, 3.05) is 24.7 Å². The van der Waals surface area contributed by atoms with Gasteiger partial charge in [-0.3, -0.25) is 4.90 Å². The molecular weight excluding hydrogens is 300 g/mol. The molecule has 1 saturated carbocycles. The molecule has 0 bridgehead atoms. The lowest BCUT2D eigenvalue weighted by atomic mass is 10.2. The summed E-state index contributed by atoms with van der Waals surface area (Å²) in [5.41, 5.74) is 0.531. The highest BCUT2D eigenvalue weighted by Crippen LogP contribution is 2.32. The van der Waals surface area contributed by atoms with Gasteiger partial charge in [0.15, 0.2) is 9.84 Å². The van der Waals surface area contributed by atoms with Gasteiger partial charge in [-0.1, -0.05) is 12.1 Å². The van der Waals surface area contributed by atoms with Gasteiger partial charge in [0.25, 0.3) is 0 Å². The van der Waals surface area contributed by atoms with Crippen molar-refractivity contribution >= 4 is 9.84 Å². The van der Waals surface area contributed by atoms with Gasteiger partial charge in [0.2, 0.25) is 0 Å². The van der Waals surface area contributed by atoms with Crippen LogP contribution in [0.4, 0.5) is 0 Å². The van der Waals surface area contributed by atoms with Gasteiger partial charge < -0.3 is 4.74 Å². The van der Waals surface area contributed by atoms with E-state index in [1.54, 1.807) is 12.1 Å². The second-order valence-corrected chi connectivity index (χ2v) is 8.21. The van der Waals surface area contributed by atoms with E-state index in [-0.39, 0.29) is 11.8 Å². The summed E-state index contributed by atoms with van der Waals surface area (Å²) in [6.07, 6.45) is 3.02. The lowest BCUT2D eigenvalue weighted by Gasteiger charge is -2.27. The molecule has 0 amide bonds. The summed E-state index contributed by atoms with van der Waals surface area (Å²) < 4.78 is 29.1. The maximum absolute atomic E-state index is 11.7. The highest BCUT2D eigenvalue weighted by atomic mass is 32.2. The maximum atomic E-state index is 11.7. The minimum atomic E-state index is -2.86. The van der Waals surface area contributed by atoms with E-state index in [1.807, 2.05) is 12.1 Å². The van der Waals surface area contributed by atoms with Gasteiger partial charge in [-0.05, 0) is 31.4 Å². The summed E-state index contributed by atoms with van der Waals surface area (Å²) in [7, 11) is -2.86. The van der Waals surface area contributed by atoms with Gasteiger partial charge in [0.05, 0.1) is 17.1 Å². The fourth-order valence-corrected chi connectivity index (χ4v) is 4.79. The van der Waals surface area contributed by atoms with E-state index in [0.29, 0.717) is 36.3 Å². The van der Waals surface area contributed by atoms with Crippen molar-refractivity contribution in [3.63, 3.8) is 0 Å². The van der Waals surface area contributed by atoms with Crippen LogP contribution in [0.25, 0.3) is 0 Å². The zero-order chi connectivity index (χ0) is 15.6. The number of ether oxygens (including phenoxy) is 1. The normalized spacial score (nSPS) is 23.4. The molecule has 1 atom stereocenters. The highest BCUT2D eigenvalue weighted by Gasteiger charge is 2.39. The van der Waals surface area contributed by atoms with E-state index in [4.69, 9.17) is 10.00 Å². The molecule has 1 aromatic rings. The third-order valence-electron chi connectivity index (χ3n) is 4.31. The Morgan fingerprint density at radius 1 is 1.23 bits per heavy atom. The molecule has 1 aromatic carbocycles. The molecule has 5 nitrogen and oxygen atoms in total. The largest absolute Gasteiger partial charge is 0.491 e. The van der Waals surface area contributed by atoms with Crippen molar-refractivity contribution in [3.05, 3.63) is 29.8 Å². The molecule has 0 aromatic heterocycles. The van der Waals surface area contributed by atoms with Crippen LogP contribution in [0, 0.1) is 11.3 Å². The molecule has 0 N–H and O–H groups in total. The van der Waals surface area contributed by atoms with Crippen LogP contribution in [0.2, 0.25) is 0 Å². The first-order valence-electron chi connectivity index (χ1n) is 7.67. The van der Waals surface area contributed by atoms with Crippen LogP contribution in [-0.2, 0) is 9.84 Å². The Morgan fingerprint density at radius 3 is 2.64 bits per heavy atom. The SMILES string of the molecule is N#Cc1ccccc1OCCN(C1CC1)[C@H]1CCS(=O)(=O)C1. The average molecular weight is 320 g/mol. The zero-order valence-corrected chi connectivity index (χ0v) is 13.3. The van der Waals surface area contributed by atoms with E-state index < -0.39 is 9.84 Å². The quantitative estimate of drug-likeness (QED) is 0.796.